The van der Waals surface area contributed by atoms with Gasteiger partial charge in [-0.3, -0.25) is 0 Å². The molecule has 0 saturated heterocycles. The maximum absolute atomic E-state index is 5.94. The predicted molar refractivity (Wildman–Crippen MR) is 48.2 cm³/mol. The molecule has 0 saturated carbocycles. The van der Waals surface area contributed by atoms with Gasteiger partial charge in [0, 0.05) is 11.3 Å². The van der Waals surface area contributed by atoms with Crippen molar-refractivity contribution in [2.75, 3.05) is 0 Å². The maximum atomic E-state index is 5.94. The summed E-state index contributed by atoms with van der Waals surface area (Å²) in [5.74, 6) is 0.739. The Morgan fingerprint density at radius 2 is 2.33 bits per heavy atom. The summed E-state index contributed by atoms with van der Waals surface area (Å²) >= 11 is 5.94. The summed E-state index contributed by atoms with van der Waals surface area (Å²) < 4.78 is 0. The van der Waals surface area contributed by atoms with Crippen LogP contribution >= 0.6 is 11.6 Å². The number of aromatic nitrogens is 2. The van der Waals surface area contributed by atoms with Crippen LogP contribution in [0.5, 0.6) is 0 Å². The zero-order chi connectivity index (χ0) is 8.55. The maximum Gasteiger partial charge on any atom is 0.135 e. The van der Waals surface area contributed by atoms with Crippen LogP contribution in [0.3, 0.4) is 0 Å². The number of rotatable bonds is 0. The zero-order valence-corrected chi connectivity index (χ0v) is 7.80. The van der Waals surface area contributed by atoms with Crippen LogP contribution in [0, 0.1) is 5.92 Å². The number of halogens is 1. The Labute approximate surface area is 77.0 Å². The van der Waals surface area contributed by atoms with E-state index in [0.29, 0.717) is 5.15 Å². The van der Waals surface area contributed by atoms with Gasteiger partial charge in [0.15, 0.2) is 0 Å². The Bertz CT molecular complexity index is 299. The van der Waals surface area contributed by atoms with Gasteiger partial charge in [-0.05, 0) is 25.2 Å². The molecule has 0 aromatic carbocycles. The Morgan fingerprint density at radius 1 is 1.50 bits per heavy atom. The summed E-state index contributed by atoms with van der Waals surface area (Å²) in [4.78, 5) is 8.21. The summed E-state index contributed by atoms with van der Waals surface area (Å²) in [5, 5.41) is 0.645. The molecule has 64 valence electrons. The molecule has 1 atom stereocenters. The largest absolute Gasteiger partial charge is 0.241 e. The molecule has 0 aliphatic heterocycles. The number of fused-ring (bicyclic) bond motifs is 1. The molecule has 0 amide bonds. The molecule has 0 spiro atoms. The van der Waals surface area contributed by atoms with E-state index in [1.54, 1.807) is 6.33 Å². The standard InChI is InChI=1S/C9H11ClN2/c1-6-2-3-7-8(4-6)11-5-12-9(7)10/h5-6H,2-4H2,1H3. The average molecular weight is 183 g/mol. The molecule has 0 bridgehead atoms. The van der Waals surface area contributed by atoms with Gasteiger partial charge in [0.05, 0.1) is 0 Å². The van der Waals surface area contributed by atoms with E-state index in [2.05, 4.69) is 16.9 Å². The third-order valence-electron chi connectivity index (χ3n) is 2.41. The zero-order valence-electron chi connectivity index (χ0n) is 7.05. The van der Waals surface area contributed by atoms with E-state index >= 15 is 0 Å². The monoisotopic (exact) mass is 182 g/mol. The smallest absolute Gasteiger partial charge is 0.135 e. The van der Waals surface area contributed by atoms with Crippen LogP contribution in [-0.4, -0.2) is 9.97 Å². The van der Waals surface area contributed by atoms with Gasteiger partial charge in [0.1, 0.15) is 11.5 Å². The molecule has 3 heteroatoms. The molecule has 1 aliphatic rings. The first-order valence-electron chi connectivity index (χ1n) is 4.25. The van der Waals surface area contributed by atoms with Crippen LogP contribution in [0.1, 0.15) is 24.6 Å². The van der Waals surface area contributed by atoms with E-state index in [9.17, 15) is 0 Å². The predicted octanol–water partition coefficient (Wildman–Crippen LogP) is 2.25. The number of hydrogen-bond donors (Lipinski definition) is 0. The lowest BCUT2D eigenvalue weighted by molar-refractivity contribution is 0.490. The molecule has 12 heavy (non-hydrogen) atoms. The second kappa shape index (κ2) is 3.02. The molecule has 0 radical (unpaired) electrons. The van der Waals surface area contributed by atoms with Gasteiger partial charge < -0.3 is 0 Å². The van der Waals surface area contributed by atoms with Gasteiger partial charge in [-0.2, -0.15) is 0 Å². The van der Waals surface area contributed by atoms with Gasteiger partial charge in [-0.15, -0.1) is 0 Å². The second-order valence-corrected chi connectivity index (χ2v) is 3.80. The van der Waals surface area contributed by atoms with Crippen molar-refractivity contribution in [2.24, 2.45) is 5.92 Å². The first-order valence-corrected chi connectivity index (χ1v) is 4.63. The van der Waals surface area contributed by atoms with Gasteiger partial charge in [0.2, 0.25) is 0 Å². The molecule has 0 fully saturated rings. The van der Waals surface area contributed by atoms with Crippen LogP contribution in [0.25, 0.3) is 0 Å². The summed E-state index contributed by atoms with van der Waals surface area (Å²) in [7, 11) is 0. The average Bonchev–Trinajstić information content (AvgIpc) is 2.04. The van der Waals surface area contributed by atoms with Crippen LogP contribution < -0.4 is 0 Å². The van der Waals surface area contributed by atoms with E-state index < -0.39 is 0 Å². The summed E-state index contributed by atoms with van der Waals surface area (Å²) in [5.41, 5.74) is 2.31. The Hall–Kier alpha value is -0.630. The molecule has 1 aliphatic carbocycles. The topological polar surface area (TPSA) is 25.8 Å². The minimum Gasteiger partial charge on any atom is -0.241 e. The molecular weight excluding hydrogens is 172 g/mol. The number of hydrogen-bond acceptors (Lipinski definition) is 2. The van der Waals surface area contributed by atoms with Crippen LogP contribution in [0.2, 0.25) is 5.15 Å². The lowest BCUT2D eigenvalue weighted by atomic mass is 9.89. The van der Waals surface area contributed by atoms with Crippen molar-refractivity contribution in [3.63, 3.8) is 0 Å². The lowest BCUT2D eigenvalue weighted by Gasteiger charge is -2.20. The SMILES string of the molecule is CC1CCc2c(Cl)ncnc2C1. The van der Waals surface area contributed by atoms with Crippen molar-refractivity contribution >= 4 is 11.6 Å². The first kappa shape index (κ1) is 7.99. The highest BCUT2D eigenvalue weighted by Gasteiger charge is 2.18. The minimum absolute atomic E-state index is 0.645. The van der Waals surface area contributed by atoms with Gasteiger partial charge in [-0.1, -0.05) is 18.5 Å². The lowest BCUT2D eigenvalue weighted by Crippen LogP contribution is -2.13. The normalized spacial score (nSPS) is 22.0. The van der Waals surface area contributed by atoms with Crippen LogP contribution in [0.15, 0.2) is 6.33 Å². The molecule has 2 rings (SSSR count). The van der Waals surface area contributed by atoms with Crippen LogP contribution in [0.4, 0.5) is 0 Å². The Kier molecular flexibility index (Phi) is 2.01. The fraction of sp³-hybridized carbons (Fsp3) is 0.556. The van der Waals surface area contributed by atoms with Crippen molar-refractivity contribution in [1.29, 1.82) is 0 Å². The van der Waals surface area contributed by atoms with Gasteiger partial charge in [-0.25, -0.2) is 9.97 Å². The molecule has 0 N–H and O–H groups in total. The van der Waals surface area contributed by atoms with Crippen molar-refractivity contribution in [1.82, 2.24) is 9.97 Å². The summed E-state index contributed by atoms with van der Waals surface area (Å²) in [6.07, 6.45) is 4.85. The van der Waals surface area contributed by atoms with E-state index in [1.165, 1.54) is 6.42 Å². The van der Waals surface area contributed by atoms with Crippen molar-refractivity contribution in [2.45, 2.75) is 26.2 Å². The summed E-state index contributed by atoms with van der Waals surface area (Å²) in [6.45, 7) is 2.25. The Morgan fingerprint density at radius 3 is 3.17 bits per heavy atom. The second-order valence-electron chi connectivity index (χ2n) is 3.44. The van der Waals surface area contributed by atoms with Crippen molar-refractivity contribution in [3.05, 3.63) is 22.7 Å². The molecule has 1 unspecified atom stereocenters. The fourth-order valence-electron chi connectivity index (χ4n) is 1.67. The van der Waals surface area contributed by atoms with Gasteiger partial charge in [0.25, 0.3) is 0 Å². The highest BCUT2D eigenvalue weighted by molar-refractivity contribution is 6.30. The van der Waals surface area contributed by atoms with Crippen molar-refractivity contribution < 1.29 is 0 Å². The molecule has 1 aromatic rings. The molecule has 1 heterocycles. The van der Waals surface area contributed by atoms with E-state index in [-0.39, 0.29) is 0 Å². The molecule has 2 nitrogen and oxygen atoms in total. The molecular formula is C9H11ClN2. The summed E-state index contributed by atoms with van der Waals surface area (Å²) in [6, 6.07) is 0. The van der Waals surface area contributed by atoms with Crippen molar-refractivity contribution in [3.8, 4) is 0 Å². The molecule has 1 aromatic heterocycles. The minimum atomic E-state index is 0.645. The Balaban J connectivity index is 2.42. The van der Waals surface area contributed by atoms with E-state index in [4.69, 9.17) is 11.6 Å². The number of nitrogens with zero attached hydrogens (tertiary/aromatic N) is 2. The fourth-order valence-corrected chi connectivity index (χ4v) is 1.92. The van der Waals surface area contributed by atoms with E-state index in [0.717, 1.165) is 30.0 Å². The van der Waals surface area contributed by atoms with E-state index in [1.807, 2.05) is 0 Å². The first-order chi connectivity index (χ1) is 5.77. The quantitative estimate of drug-likeness (QED) is 0.576. The highest BCUT2D eigenvalue weighted by Crippen LogP contribution is 2.27. The van der Waals surface area contributed by atoms with Crippen LogP contribution in [-0.2, 0) is 12.8 Å². The third kappa shape index (κ3) is 1.31. The van der Waals surface area contributed by atoms with Gasteiger partial charge >= 0.3 is 0 Å². The highest BCUT2D eigenvalue weighted by atomic mass is 35.5. The third-order valence-corrected chi connectivity index (χ3v) is 2.74.